The van der Waals surface area contributed by atoms with E-state index in [2.05, 4.69) is 5.32 Å². The quantitative estimate of drug-likeness (QED) is 0.606. The highest BCUT2D eigenvalue weighted by Gasteiger charge is 2.10. The third kappa shape index (κ3) is 4.65. The molecule has 0 spiro atoms. The van der Waals surface area contributed by atoms with Crippen LogP contribution in [-0.2, 0) is 0 Å². The molecule has 0 atom stereocenters. The molecule has 0 unspecified atom stereocenters. The van der Waals surface area contributed by atoms with Gasteiger partial charge in [0.1, 0.15) is 5.82 Å². The fraction of sp³-hybridized carbons (Fsp3) is 0.417. The summed E-state index contributed by atoms with van der Waals surface area (Å²) < 4.78 is 13.4. The molecule has 0 heterocycles. The molecule has 1 aromatic carbocycles. The van der Waals surface area contributed by atoms with Crippen molar-refractivity contribution in [3.63, 3.8) is 0 Å². The number of carbonyl (C=O) groups is 1. The van der Waals surface area contributed by atoms with Gasteiger partial charge in [-0.2, -0.15) is 11.8 Å². The topological polar surface area (TPSA) is 55.1 Å². The van der Waals surface area contributed by atoms with Gasteiger partial charge in [-0.15, -0.1) is 0 Å². The van der Waals surface area contributed by atoms with Crippen molar-refractivity contribution in [3.05, 3.63) is 29.6 Å². The molecular formula is C12H17FN2OS. The molecule has 0 saturated carbocycles. The molecule has 3 N–H and O–H groups in total. The van der Waals surface area contributed by atoms with Crippen molar-refractivity contribution in [1.29, 1.82) is 0 Å². The predicted octanol–water partition coefficient (Wildman–Crippen LogP) is 2.28. The van der Waals surface area contributed by atoms with Crippen LogP contribution in [0.3, 0.4) is 0 Å². The molecule has 0 saturated heterocycles. The zero-order valence-electron chi connectivity index (χ0n) is 9.83. The van der Waals surface area contributed by atoms with Gasteiger partial charge < -0.3 is 11.1 Å². The minimum Gasteiger partial charge on any atom is -0.399 e. The number of nitrogen functional groups attached to an aromatic ring is 1. The molecule has 0 aliphatic rings. The van der Waals surface area contributed by atoms with Gasteiger partial charge in [0.15, 0.2) is 0 Å². The van der Waals surface area contributed by atoms with E-state index in [0.717, 1.165) is 24.7 Å². The van der Waals surface area contributed by atoms with Gasteiger partial charge in [-0.05, 0) is 43.0 Å². The van der Waals surface area contributed by atoms with Crippen molar-refractivity contribution in [3.8, 4) is 0 Å². The Balaban J connectivity index is 2.42. The molecule has 94 valence electrons. The van der Waals surface area contributed by atoms with Gasteiger partial charge in [0.2, 0.25) is 0 Å². The number of halogens is 1. The van der Waals surface area contributed by atoms with Gasteiger partial charge in [0.25, 0.3) is 5.91 Å². The Kier molecular flexibility index (Phi) is 5.83. The maximum Gasteiger partial charge on any atom is 0.254 e. The van der Waals surface area contributed by atoms with E-state index in [4.69, 9.17) is 5.73 Å². The summed E-state index contributed by atoms with van der Waals surface area (Å²) in [6.45, 7) is 0.573. The summed E-state index contributed by atoms with van der Waals surface area (Å²) in [6, 6.07) is 4.08. The number of thioether (sulfide) groups is 1. The fourth-order valence-electron chi connectivity index (χ4n) is 1.38. The van der Waals surface area contributed by atoms with Crippen molar-refractivity contribution in [2.75, 3.05) is 24.3 Å². The molecule has 17 heavy (non-hydrogen) atoms. The van der Waals surface area contributed by atoms with Gasteiger partial charge >= 0.3 is 0 Å². The first kappa shape index (κ1) is 13.8. The van der Waals surface area contributed by atoms with E-state index in [1.54, 1.807) is 11.8 Å². The second-order valence-electron chi connectivity index (χ2n) is 3.70. The number of amides is 1. The van der Waals surface area contributed by atoms with E-state index < -0.39 is 5.82 Å². The Bertz CT molecular complexity index is 385. The SMILES string of the molecule is CSCCCCNC(=O)c1ccc(N)cc1F. The smallest absolute Gasteiger partial charge is 0.254 e. The van der Waals surface area contributed by atoms with Crippen LogP contribution in [0.5, 0.6) is 0 Å². The van der Waals surface area contributed by atoms with E-state index in [1.165, 1.54) is 12.1 Å². The van der Waals surface area contributed by atoms with Crippen molar-refractivity contribution >= 4 is 23.4 Å². The molecule has 1 amide bonds. The lowest BCUT2D eigenvalue weighted by molar-refractivity contribution is 0.0949. The number of benzene rings is 1. The van der Waals surface area contributed by atoms with Crippen LogP contribution < -0.4 is 11.1 Å². The summed E-state index contributed by atoms with van der Waals surface area (Å²) in [6.07, 6.45) is 4.00. The van der Waals surface area contributed by atoms with E-state index >= 15 is 0 Å². The van der Waals surface area contributed by atoms with E-state index in [1.807, 2.05) is 6.26 Å². The number of hydrogen-bond acceptors (Lipinski definition) is 3. The zero-order valence-corrected chi connectivity index (χ0v) is 10.6. The van der Waals surface area contributed by atoms with Crippen LogP contribution in [0.2, 0.25) is 0 Å². The summed E-state index contributed by atoms with van der Waals surface area (Å²) in [4.78, 5) is 11.6. The normalized spacial score (nSPS) is 10.2. The summed E-state index contributed by atoms with van der Waals surface area (Å²) >= 11 is 1.77. The van der Waals surface area contributed by atoms with E-state index in [0.29, 0.717) is 12.2 Å². The lowest BCUT2D eigenvalue weighted by Gasteiger charge is -2.06. The van der Waals surface area contributed by atoms with Gasteiger partial charge in [0, 0.05) is 12.2 Å². The van der Waals surface area contributed by atoms with Crippen LogP contribution in [0.1, 0.15) is 23.2 Å². The number of rotatable bonds is 6. The van der Waals surface area contributed by atoms with Gasteiger partial charge in [-0.25, -0.2) is 4.39 Å². The summed E-state index contributed by atoms with van der Waals surface area (Å²) in [5.74, 6) is 0.116. The van der Waals surface area contributed by atoms with Crippen LogP contribution >= 0.6 is 11.8 Å². The molecular weight excluding hydrogens is 239 g/mol. The molecule has 0 fully saturated rings. The summed E-state index contributed by atoms with van der Waals surface area (Å²) in [5.41, 5.74) is 5.77. The lowest BCUT2D eigenvalue weighted by Crippen LogP contribution is -2.25. The number of hydrogen-bond donors (Lipinski definition) is 2. The number of nitrogens with two attached hydrogens (primary N) is 1. The van der Waals surface area contributed by atoms with Crippen LogP contribution in [0.4, 0.5) is 10.1 Å². The van der Waals surface area contributed by atoms with Crippen molar-refractivity contribution in [2.24, 2.45) is 0 Å². The number of carbonyl (C=O) groups excluding carboxylic acids is 1. The van der Waals surface area contributed by atoms with Crippen molar-refractivity contribution in [1.82, 2.24) is 5.32 Å². The van der Waals surface area contributed by atoms with Crippen molar-refractivity contribution < 1.29 is 9.18 Å². The van der Waals surface area contributed by atoms with Gasteiger partial charge in [0.05, 0.1) is 5.56 Å². The van der Waals surface area contributed by atoms with E-state index in [-0.39, 0.29) is 11.5 Å². The molecule has 3 nitrogen and oxygen atoms in total. The standard InChI is InChI=1S/C12H17FN2OS/c1-17-7-3-2-6-15-12(16)10-5-4-9(14)8-11(10)13/h4-5,8H,2-3,6-7,14H2,1H3,(H,15,16). The minimum atomic E-state index is -0.577. The molecule has 1 aromatic rings. The molecule has 1 rings (SSSR count). The first-order valence-corrected chi connectivity index (χ1v) is 6.86. The Morgan fingerprint density at radius 1 is 1.47 bits per heavy atom. The molecule has 0 aromatic heterocycles. The molecule has 0 bridgehead atoms. The molecule has 0 radical (unpaired) electrons. The van der Waals surface area contributed by atoms with Gasteiger partial charge in [-0.1, -0.05) is 0 Å². The highest BCUT2D eigenvalue weighted by Crippen LogP contribution is 2.11. The first-order chi connectivity index (χ1) is 8.15. The Hall–Kier alpha value is -1.23. The number of nitrogens with one attached hydrogen (secondary N) is 1. The third-order valence-corrected chi connectivity index (χ3v) is 3.00. The van der Waals surface area contributed by atoms with Crippen molar-refractivity contribution in [2.45, 2.75) is 12.8 Å². The number of unbranched alkanes of at least 4 members (excludes halogenated alkanes) is 1. The predicted molar refractivity (Wildman–Crippen MR) is 70.8 cm³/mol. The highest BCUT2D eigenvalue weighted by molar-refractivity contribution is 7.98. The Morgan fingerprint density at radius 3 is 2.88 bits per heavy atom. The lowest BCUT2D eigenvalue weighted by atomic mass is 10.2. The Morgan fingerprint density at radius 2 is 2.24 bits per heavy atom. The van der Waals surface area contributed by atoms with Crippen LogP contribution in [0, 0.1) is 5.82 Å². The summed E-state index contributed by atoms with van der Waals surface area (Å²) in [7, 11) is 0. The van der Waals surface area contributed by atoms with Crippen LogP contribution in [0.25, 0.3) is 0 Å². The second-order valence-corrected chi connectivity index (χ2v) is 4.68. The first-order valence-electron chi connectivity index (χ1n) is 5.47. The highest BCUT2D eigenvalue weighted by atomic mass is 32.2. The number of anilines is 1. The van der Waals surface area contributed by atoms with Gasteiger partial charge in [-0.3, -0.25) is 4.79 Å². The maximum atomic E-state index is 13.4. The second kappa shape index (κ2) is 7.17. The Labute approximate surface area is 105 Å². The summed E-state index contributed by atoms with van der Waals surface area (Å²) in [5, 5.41) is 2.69. The average Bonchev–Trinajstić information content (AvgIpc) is 2.28. The molecule has 0 aliphatic heterocycles. The van der Waals surface area contributed by atoms with Crippen LogP contribution in [-0.4, -0.2) is 24.5 Å². The molecule has 0 aliphatic carbocycles. The monoisotopic (exact) mass is 256 g/mol. The molecule has 5 heteroatoms. The fourth-order valence-corrected chi connectivity index (χ4v) is 1.88. The maximum absolute atomic E-state index is 13.4. The third-order valence-electron chi connectivity index (χ3n) is 2.30. The van der Waals surface area contributed by atoms with E-state index in [9.17, 15) is 9.18 Å². The zero-order chi connectivity index (χ0) is 12.7. The largest absolute Gasteiger partial charge is 0.399 e. The van der Waals surface area contributed by atoms with Crippen LogP contribution in [0.15, 0.2) is 18.2 Å². The average molecular weight is 256 g/mol. The minimum absolute atomic E-state index is 0.0454.